The molecule has 0 fully saturated rings. The van der Waals surface area contributed by atoms with Crippen LogP contribution < -0.4 is 0 Å². The molecule has 0 spiro atoms. The van der Waals surface area contributed by atoms with Crippen molar-refractivity contribution in [2.45, 2.75) is 59.8 Å². The first-order valence-corrected chi connectivity index (χ1v) is 15.3. The molecule has 0 unspecified atom stereocenters. The van der Waals surface area contributed by atoms with Gasteiger partial charge in [-0.1, -0.05) is 7.43 Å². The van der Waals surface area contributed by atoms with Gasteiger partial charge in [-0.25, -0.2) is 0 Å². The number of rotatable bonds is 4. The van der Waals surface area contributed by atoms with Crippen LogP contribution in [0.4, 0.5) is 0 Å². The topological polar surface area (TPSA) is 27.7 Å². The Bertz CT molecular complexity index is 183. The summed E-state index contributed by atoms with van der Waals surface area (Å²) in [5.41, 5.74) is 0. The Labute approximate surface area is 112 Å². The molecule has 108 valence electrons. The highest BCUT2D eigenvalue weighted by molar-refractivity contribution is 6.81. The van der Waals surface area contributed by atoms with Gasteiger partial charge in [0.2, 0.25) is 0 Å². The maximum absolute atomic E-state index is 5.83. The maximum atomic E-state index is 5.83. The van der Waals surface area contributed by atoms with Crippen molar-refractivity contribution >= 4 is 25.2 Å². The fourth-order valence-electron chi connectivity index (χ4n) is 0.779. The van der Waals surface area contributed by atoms with Crippen LogP contribution in [0.1, 0.15) is 7.43 Å². The van der Waals surface area contributed by atoms with Crippen molar-refractivity contribution in [3.63, 3.8) is 0 Å². The summed E-state index contributed by atoms with van der Waals surface area (Å²) >= 11 is 0. The molecule has 0 saturated carbocycles. The first-order valence-electron chi connectivity index (χ1n) is 5.63. The van der Waals surface area contributed by atoms with Gasteiger partial charge >= 0.3 is 8.56 Å². The molecule has 3 nitrogen and oxygen atoms in total. The largest absolute Gasteiger partial charge is 0.436 e. The van der Waals surface area contributed by atoms with Crippen molar-refractivity contribution in [1.82, 2.24) is 0 Å². The van der Waals surface area contributed by atoms with E-state index in [9.17, 15) is 0 Å². The van der Waals surface area contributed by atoms with E-state index in [1.54, 1.807) is 14.2 Å². The van der Waals surface area contributed by atoms with E-state index in [2.05, 4.69) is 52.4 Å². The van der Waals surface area contributed by atoms with Crippen molar-refractivity contribution < 1.29 is 13.0 Å². The van der Waals surface area contributed by atoms with Gasteiger partial charge in [0.25, 0.3) is 0 Å². The third-order valence-electron chi connectivity index (χ3n) is 1.66. The molecule has 0 aliphatic rings. The highest BCUT2D eigenvalue weighted by Gasteiger charge is 2.29. The van der Waals surface area contributed by atoms with E-state index in [0.717, 1.165) is 0 Å². The lowest BCUT2D eigenvalue weighted by Crippen LogP contribution is -2.43. The zero-order valence-corrected chi connectivity index (χ0v) is 15.7. The highest BCUT2D eigenvalue weighted by Crippen LogP contribution is 2.13. The molecule has 0 N–H and O–H groups in total. The predicted octanol–water partition coefficient (Wildman–Crippen LogP) is 4.29. The first kappa shape index (κ1) is 22.7. The first-order chi connectivity index (χ1) is 6.83. The molecular formula is C11H34O3Si3. The average Bonchev–Trinajstić information content (AvgIpc) is 2.00. The van der Waals surface area contributed by atoms with E-state index < -0.39 is 25.2 Å². The van der Waals surface area contributed by atoms with E-state index in [0.29, 0.717) is 0 Å². The second kappa shape index (κ2) is 8.60. The normalized spacial score (nSPS) is 12.4. The average molecular weight is 299 g/mol. The summed E-state index contributed by atoms with van der Waals surface area (Å²) in [7, 11) is -0.760. The molecule has 0 bridgehead atoms. The fraction of sp³-hybridized carbons (Fsp3) is 1.00. The molecule has 0 aromatic heterocycles. The SMILES string of the molecule is C.CO[Si](C)(C)C.CO[Si](C)(C)O[Si](C)(C)C. The van der Waals surface area contributed by atoms with Gasteiger partial charge in [0.1, 0.15) is 0 Å². The van der Waals surface area contributed by atoms with Gasteiger partial charge in [0.15, 0.2) is 16.6 Å². The summed E-state index contributed by atoms with van der Waals surface area (Å²) < 4.78 is 16.2. The second-order valence-corrected chi connectivity index (χ2v) is 19.0. The van der Waals surface area contributed by atoms with Crippen LogP contribution in [0, 0.1) is 0 Å². The number of hydrogen-bond donors (Lipinski definition) is 0. The van der Waals surface area contributed by atoms with E-state index in [1.165, 1.54) is 0 Å². The Morgan fingerprint density at radius 3 is 0.941 bits per heavy atom. The molecule has 0 aromatic carbocycles. The van der Waals surface area contributed by atoms with Gasteiger partial charge in [-0.15, -0.1) is 0 Å². The summed E-state index contributed by atoms with van der Waals surface area (Å²) in [6.45, 7) is 17.2. The fourth-order valence-corrected chi connectivity index (χ4v) is 7.01. The van der Waals surface area contributed by atoms with Crippen LogP contribution in [-0.2, 0) is 13.0 Å². The minimum Gasteiger partial charge on any atom is -0.436 e. The molecule has 6 heteroatoms. The van der Waals surface area contributed by atoms with Crippen LogP contribution in [0.3, 0.4) is 0 Å². The summed E-state index contributed by atoms with van der Waals surface area (Å²) in [5.74, 6) is 0. The van der Waals surface area contributed by atoms with Crippen LogP contribution in [0.2, 0.25) is 52.4 Å². The molecular weight excluding hydrogens is 264 g/mol. The van der Waals surface area contributed by atoms with Gasteiger partial charge < -0.3 is 13.0 Å². The standard InChI is InChI=1S/C6H18O2Si2.C4H12OSi.CH4/c1-7-10(5,6)8-9(2,3)4;1-5-6(2,3)4;/h1-6H3;1-4H3;1H4. The van der Waals surface area contributed by atoms with Gasteiger partial charge in [-0.05, 0) is 52.4 Å². The quantitative estimate of drug-likeness (QED) is 0.725. The minimum absolute atomic E-state index is 0. The Kier molecular flexibility index (Phi) is 11.5. The van der Waals surface area contributed by atoms with Crippen LogP contribution in [0.25, 0.3) is 0 Å². The van der Waals surface area contributed by atoms with Crippen molar-refractivity contribution in [2.75, 3.05) is 14.2 Å². The van der Waals surface area contributed by atoms with Crippen LogP contribution in [0.5, 0.6) is 0 Å². The zero-order chi connectivity index (χ0) is 13.6. The Balaban J connectivity index is -0.000000244. The smallest absolute Gasteiger partial charge is 0.321 e. The number of hydrogen-bond acceptors (Lipinski definition) is 3. The lowest BCUT2D eigenvalue weighted by atomic mass is 11.8. The summed E-state index contributed by atoms with van der Waals surface area (Å²) in [5, 5.41) is 0. The highest BCUT2D eigenvalue weighted by atomic mass is 28.4. The maximum Gasteiger partial charge on any atom is 0.321 e. The molecule has 17 heavy (non-hydrogen) atoms. The molecule has 0 radical (unpaired) electrons. The van der Waals surface area contributed by atoms with Crippen molar-refractivity contribution in [3.8, 4) is 0 Å². The van der Waals surface area contributed by atoms with Crippen molar-refractivity contribution in [2.24, 2.45) is 0 Å². The predicted molar refractivity (Wildman–Crippen MR) is 86.0 cm³/mol. The van der Waals surface area contributed by atoms with Crippen LogP contribution >= 0.6 is 0 Å². The Morgan fingerprint density at radius 2 is 0.882 bits per heavy atom. The van der Waals surface area contributed by atoms with Gasteiger partial charge in [0, 0.05) is 14.2 Å². The van der Waals surface area contributed by atoms with Gasteiger partial charge in [-0.3, -0.25) is 0 Å². The third-order valence-corrected chi connectivity index (χ3v) is 8.28. The Morgan fingerprint density at radius 1 is 0.588 bits per heavy atom. The van der Waals surface area contributed by atoms with Gasteiger partial charge in [-0.2, -0.15) is 0 Å². The lowest BCUT2D eigenvalue weighted by Gasteiger charge is -2.29. The molecule has 0 amide bonds. The molecule has 0 rings (SSSR count). The second-order valence-electron chi connectivity index (χ2n) is 6.13. The zero-order valence-electron chi connectivity index (χ0n) is 12.7. The van der Waals surface area contributed by atoms with Crippen LogP contribution in [-0.4, -0.2) is 39.4 Å². The molecule has 0 heterocycles. The van der Waals surface area contributed by atoms with Crippen molar-refractivity contribution in [3.05, 3.63) is 0 Å². The monoisotopic (exact) mass is 298 g/mol. The summed E-state index contributed by atoms with van der Waals surface area (Å²) in [6, 6.07) is 0. The minimum atomic E-state index is -1.75. The molecule has 0 atom stereocenters. The van der Waals surface area contributed by atoms with E-state index >= 15 is 0 Å². The van der Waals surface area contributed by atoms with E-state index in [-0.39, 0.29) is 7.43 Å². The van der Waals surface area contributed by atoms with Gasteiger partial charge in [0.05, 0.1) is 0 Å². The van der Waals surface area contributed by atoms with E-state index in [4.69, 9.17) is 13.0 Å². The summed E-state index contributed by atoms with van der Waals surface area (Å²) in [6.07, 6.45) is 0. The molecule has 0 saturated heterocycles. The Hall–Kier alpha value is 0.531. The lowest BCUT2D eigenvalue weighted by molar-refractivity contribution is 0.312. The van der Waals surface area contributed by atoms with E-state index in [1.807, 2.05) is 0 Å². The van der Waals surface area contributed by atoms with Crippen LogP contribution in [0.15, 0.2) is 0 Å². The third kappa shape index (κ3) is 22.2. The molecule has 0 aliphatic carbocycles. The molecule has 0 aliphatic heterocycles. The molecule has 0 aromatic rings. The van der Waals surface area contributed by atoms with Crippen molar-refractivity contribution in [1.29, 1.82) is 0 Å². The summed E-state index contributed by atoms with van der Waals surface area (Å²) in [4.78, 5) is 0.